The summed E-state index contributed by atoms with van der Waals surface area (Å²) in [5, 5.41) is 3.01. The maximum absolute atomic E-state index is 12.3. The molecule has 0 unspecified atom stereocenters. The summed E-state index contributed by atoms with van der Waals surface area (Å²) in [4.78, 5) is 14.5. The number of fused-ring (bicyclic) bond motifs is 1. The maximum atomic E-state index is 12.3. The smallest absolute Gasteiger partial charge is 0.285 e. The predicted octanol–water partition coefficient (Wildman–Crippen LogP) is 2.01. The molecular weight excluding hydrogens is 338 g/mol. The average molecular weight is 363 g/mol. The maximum Gasteiger partial charge on any atom is 0.285 e. The van der Waals surface area contributed by atoms with Crippen LogP contribution in [0, 0.1) is 11.8 Å². The number of amidine groups is 1. The number of amides is 1. The molecule has 1 saturated heterocycles. The van der Waals surface area contributed by atoms with E-state index in [1.165, 1.54) is 0 Å². The lowest BCUT2D eigenvalue weighted by Crippen LogP contribution is -2.43. The van der Waals surface area contributed by atoms with Crippen LogP contribution in [0.5, 0.6) is 0 Å². The zero-order valence-electron chi connectivity index (χ0n) is 14.7. The van der Waals surface area contributed by atoms with Crippen molar-refractivity contribution in [3.05, 3.63) is 29.8 Å². The molecule has 1 amide bonds. The molecule has 2 aliphatic heterocycles. The minimum atomic E-state index is -3.59. The molecule has 6 nitrogen and oxygen atoms in total. The van der Waals surface area contributed by atoms with Crippen molar-refractivity contribution in [3.63, 3.8) is 0 Å². The van der Waals surface area contributed by atoms with Crippen LogP contribution in [0.15, 0.2) is 33.6 Å². The van der Waals surface area contributed by atoms with Gasteiger partial charge in [-0.05, 0) is 37.3 Å². The molecule has 2 heterocycles. The van der Waals surface area contributed by atoms with Gasteiger partial charge in [-0.1, -0.05) is 26.0 Å². The van der Waals surface area contributed by atoms with E-state index in [4.69, 9.17) is 0 Å². The van der Waals surface area contributed by atoms with E-state index in [-0.39, 0.29) is 16.7 Å². The van der Waals surface area contributed by atoms with Crippen LogP contribution in [0.4, 0.5) is 0 Å². The molecule has 136 valence electrons. The van der Waals surface area contributed by atoms with Crippen molar-refractivity contribution in [2.75, 3.05) is 19.6 Å². The van der Waals surface area contributed by atoms with Crippen molar-refractivity contribution >= 4 is 21.8 Å². The first kappa shape index (κ1) is 17.9. The first-order chi connectivity index (χ1) is 11.9. The van der Waals surface area contributed by atoms with Crippen LogP contribution in [0.1, 0.15) is 38.7 Å². The summed E-state index contributed by atoms with van der Waals surface area (Å²) >= 11 is 0. The van der Waals surface area contributed by atoms with Gasteiger partial charge in [-0.15, -0.1) is 4.40 Å². The number of carbonyl (C=O) groups is 1. The van der Waals surface area contributed by atoms with Gasteiger partial charge in [0.2, 0.25) is 5.91 Å². The summed E-state index contributed by atoms with van der Waals surface area (Å²) in [6.45, 7) is 6.28. The Bertz CT molecular complexity index is 779. The lowest BCUT2D eigenvalue weighted by Gasteiger charge is -2.32. The molecule has 1 N–H and O–H groups in total. The van der Waals surface area contributed by atoms with Crippen molar-refractivity contribution in [1.82, 2.24) is 10.2 Å². The highest BCUT2D eigenvalue weighted by Crippen LogP contribution is 2.29. The number of piperidine rings is 1. The summed E-state index contributed by atoms with van der Waals surface area (Å²) in [5.74, 6) is 1.21. The fourth-order valence-electron chi connectivity index (χ4n) is 3.30. The number of hydrogen-bond donors (Lipinski definition) is 1. The van der Waals surface area contributed by atoms with Gasteiger partial charge in [-0.25, -0.2) is 0 Å². The molecule has 7 heteroatoms. The van der Waals surface area contributed by atoms with Crippen LogP contribution in [-0.2, 0) is 14.8 Å². The number of sulfonamides is 1. The van der Waals surface area contributed by atoms with Crippen molar-refractivity contribution in [2.24, 2.45) is 16.2 Å². The van der Waals surface area contributed by atoms with Gasteiger partial charge in [0.05, 0.1) is 0 Å². The Morgan fingerprint density at radius 3 is 2.64 bits per heavy atom. The van der Waals surface area contributed by atoms with Gasteiger partial charge in [0.15, 0.2) is 5.84 Å². The first-order valence-electron chi connectivity index (χ1n) is 8.85. The van der Waals surface area contributed by atoms with Gasteiger partial charge >= 0.3 is 0 Å². The molecule has 1 fully saturated rings. The molecule has 0 bridgehead atoms. The van der Waals surface area contributed by atoms with Gasteiger partial charge in [0, 0.05) is 31.1 Å². The lowest BCUT2D eigenvalue weighted by molar-refractivity contribution is -0.126. The molecular formula is C18H25N3O3S. The van der Waals surface area contributed by atoms with E-state index in [0.29, 0.717) is 30.4 Å². The molecule has 1 aromatic rings. The summed E-state index contributed by atoms with van der Waals surface area (Å²) in [7, 11) is -3.59. The molecule has 0 spiro atoms. The van der Waals surface area contributed by atoms with E-state index >= 15 is 0 Å². The van der Waals surface area contributed by atoms with Crippen LogP contribution in [-0.4, -0.2) is 44.7 Å². The fraction of sp³-hybridized carbons (Fsp3) is 0.556. The summed E-state index contributed by atoms with van der Waals surface area (Å²) in [5.41, 5.74) is 0.669. The van der Waals surface area contributed by atoms with Crippen molar-refractivity contribution < 1.29 is 13.2 Å². The van der Waals surface area contributed by atoms with Gasteiger partial charge in [0.1, 0.15) is 4.90 Å². The number of likely N-dealkylation sites (tertiary alicyclic amines) is 1. The Hall–Kier alpha value is -1.89. The van der Waals surface area contributed by atoms with Crippen LogP contribution < -0.4 is 5.32 Å². The van der Waals surface area contributed by atoms with Crippen molar-refractivity contribution in [1.29, 1.82) is 0 Å². The van der Waals surface area contributed by atoms with Crippen molar-refractivity contribution in [2.45, 2.75) is 38.0 Å². The van der Waals surface area contributed by atoms with Crippen LogP contribution in [0.3, 0.4) is 0 Å². The van der Waals surface area contributed by atoms with Gasteiger partial charge in [0.25, 0.3) is 10.0 Å². The quantitative estimate of drug-likeness (QED) is 0.887. The third-order valence-electron chi connectivity index (χ3n) is 4.80. The number of nitrogens with zero attached hydrogens (tertiary/aromatic N) is 2. The fourth-order valence-corrected chi connectivity index (χ4v) is 4.53. The van der Waals surface area contributed by atoms with Gasteiger partial charge < -0.3 is 10.2 Å². The zero-order chi connectivity index (χ0) is 18.0. The highest BCUT2D eigenvalue weighted by Gasteiger charge is 2.34. The number of hydrogen-bond acceptors (Lipinski definition) is 4. The average Bonchev–Trinajstić information content (AvgIpc) is 2.86. The van der Waals surface area contributed by atoms with Crippen LogP contribution >= 0.6 is 0 Å². The number of rotatable bonds is 4. The van der Waals surface area contributed by atoms with Gasteiger partial charge in [-0.2, -0.15) is 8.42 Å². The number of benzene rings is 1. The van der Waals surface area contributed by atoms with E-state index in [2.05, 4.69) is 23.6 Å². The second-order valence-corrected chi connectivity index (χ2v) is 8.69. The molecule has 0 atom stereocenters. The van der Waals surface area contributed by atoms with Crippen LogP contribution in [0.25, 0.3) is 0 Å². The van der Waals surface area contributed by atoms with E-state index in [1.54, 1.807) is 18.2 Å². The standard InChI is InChI=1S/C18H25N3O3S/c1-13(2)7-10-19-18(22)14-8-11-21(12-9-14)17-15-5-3-4-6-16(15)25(23,24)20-17/h3-6,13-14H,7-12H2,1-2H3,(H,19,22). The molecule has 1 aromatic carbocycles. The molecule has 0 aromatic heterocycles. The second kappa shape index (κ2) is 7.15. The van der Waals surface area contributed by atoms with Gasteiger partial charge in [-0.3, -0.25) is 4.79 Å². The molecule has 3 rings (SSSR count). The Morgan fingerprint density at radius 2 is 1.96 bits per heavy atom. The Labute approximate surface area is 149 Å². The lowest BCUT2D eigenvalue weighted by atomic mass is 9.95. The minimum Gasteiger partial charge on any atom is -0.356 e. The molecule has 0 aliphatic carbocycles. The molecule has 25 heavy (non-hydrogen) atoms. The van der Waals surface area contributed by atoms with E-state index in [9.17, 15) is 13.2 Å². The SMILES string of the molecule is CC(C)CCNC(=O)C1CCN(C2=NS(=O)(=O)c3ccccc32)CC1. The normalized spacial score (nSPS) is 19.6. The third kappa shape index (κ3) is 3.86. The Kier molecular flexibility index (Phi) is 5.13. The molecule has 0 radical (unpaired) electrons. The topological polar surface area (TPSA) is 78.8 Å². The highest BCUT2D eigenvalue weighted by atomic mass is 32.2. The van der Waals surface area contributed by atoms with E-state index < -0.39 is 10.0 Å². The van der Waals surface area contributed by atoms with Crippen LogP contribution in [0.2, 0.25) is 0 Å². The summed E-state index contributed by atoms with van der Waals surface area (Å²) < 4.78 is 28.3. The largest absolute Gasteiger partial charge is 0.356 e. The zero-order valence-corrected chi connectivity index (χ0v) is 15.6. The number of nitrogens with one attached hydrogen (secondary N) is 1. The second-order valence-electron chi connectivity index (χ2n) is 7.12. The Balaban J connectivity index is 1.61. The monoisotopic (exact) mass is 363 g/mol. The minimum absolute atomic E-state index is 0.00253. The third-order valence-corrected chi connectivity index (χ3v) is 6.12. The molecule has 0 saturated carbocycles. The summed E-state index contributed by atoms with van der Waals surface area (Å²) in [6, 6.07) is 6.92. The summed E-state index contributed by atoms with van der Waals surface area (Å²) in [6.07, 6.45) is 2.42. The Morgan fingerprint density at radius 1 is 1.28 bits per heavy atom. The highest BCUT2D eigenvalue weighted by molar-refractivity contribution is 7.90. The predicted molar refractivity (Wildman–Crippen MR) is 96.9 cm³/mol. The van der Waals surface area contributed by atoms with Crippen molar-refractivity contribution in [3.8, 4) is 0 Å². The number of carbonyl (C=O) groups excluding carboxylic acids is 1. The van der Waals surface area contributed by atoms with E-state index in [0.717, 1.165) is 25.8 Å². The first-order valence-corrected chi connectivity index (χ1v) is 10.3. The van der Waals surface area contributed by atoms with E-state index in [1.807, 2.05) is 11.0 Å². The molecule has 2 aliphatic rings.